The molecule has 1 aromatic heterocycles. The van der Waals surface area contributed by atoms with Crippen LogP contribution in [0.25, 0.3) is 0 Å². The number of methoxy groups -OCH3 is 1. The van der Waals surface area contributed by atoms with Crippen molar-refractivity contribution in [1.82, 2.24) is 5.32 Å². The van der Waals surface area contributed by atoms with Crippen molar-refractivity contribution in [1.29, 1.82) is 0 Å². The van der Waals surface area contributed by atoms with Gasteiger partial charge in [-0.1, -0.05) is 6.07 Å². The summed E-state index contributed by atoms with van der Waals surface area (Å²) in [4.78, 5) is 2.31. The molecule has 0 unspecified atom stereocenters. The first-order valence-corrected chi connectivity index (χ1v) is 7.59. The topological polar surface area (TPSA) is 46.9 Å². The van der Waals surface area contributed by atoms with Crippen molar-refractivity contribution in [2.45, 2.75) is 13.1 Å². The number of hydrogen-bond acceptors (Lipinski definition) is 5. The summed E-state index contributed by atoms with van der Waals surface area (Å²) < 4.78 is 16.3. The molecular weight excluding hydrogens is 280 g/mol. The molecule has 0 bridgehead atoms. The largest absolute Gasteiger partial charge is 0.495 e. The van der Waals surface area contributed by atoms with Crippen molar-refractivity contribution in [3.8, 4) is 5.75 Å². The fourth-order valence-electron chi connectivity index (χ4n) is 2.64. The molecule has 0 amide bonds. The lowest BCUT2D eigenvalue weighted by atomic mass is 10.1. The Kier molecular flexibility index (Phi) is 4.98. The van der Waals surface area contributed by atoms with Crippen molar-refractivity contribution in [3.05, 3.63) is 47.9 Å². The number of nitrogens with zero attached hydrogens (tertiary/aromatic N) is 1. The highest BCUT2D eigenvalue weighted by Gasteiger charge is 2.15. The second-order valence-corrected chi connectivity index (χ2v) is 5.29. The number of furan rings is 1. The maximum absolute atomic E-state index is 5.56. The SMILES string of the molecule is COc1cc(CNCc2ccco2)ccc1N1CCOCC1. The van der Waals surface area contributed by atoms with Crippen LogP contribution in [0.1, 0.15) is 11.3 Å². The van der Waals surface area contributed by atoms with E-state index >= 15 is 0 Å². The highest BCUT2D eigenvalue weighted by Crippen LogP contribution is 2.30. The number of benzene rings is 1. The molecule has 1 N–H and O–H groups in total. The molecule has 0 saturated carbocycles. The van der Waals surface area contributed by atoms with Crippen LogP contribution in [-0.4, -0.2) is 33.4 Å². The predicted octanol–water partition coefficient (Wildman–Crippen LogP) is 2.41. The summed E-state index contributed by atoms with van der Waals surface area (Å²) in [5.74, 6) is 1.86. The molecule has 0 spiro atoms. The van der Waals surface area contributed by atoms with E-state index in [4.69, 9.17) is 13.9 Å². The maximum atomic E-state index is 5.56. The van der Waals surface area contributed by atoms with Gasteiger partial charge < -0.3 is 24.1 Å². The molecule has 3 rings (SSSR count). The third-order valence-corrected chi connectivity index (χ3v) is 3.80. The average molecular weight is 302 g/mol. The van der Waals surface area contributed by atoms with Crippen LogP contribution in [-0.2, 0) is 17.8 Å². The highest BCUT2D eigenvalue weighted by atomic mass is 16.5. The van der Waals surface area contributed by atoms with Crippen molar-refractivity contribution in [2.75, 3.05) is 38.3 Å². The van der Waals surface area contributed by atoms with Crippen LogP contribution in [0.2, 0.25) is 0 Å². The molecule has 5 nitrogen and oxygen atoms in total. The monoisotopic (exact) mass is 302 g/mol. The summed E-state index contributed by atoms with van der Waals surface area (Å²) in [6.07, 6.45) is 1.69. The van der Waals surface area contributed by atoms with Crippen molar-refractivity contribution < 1.29 is 13.9 Å². The fraction of sp³-hybridized carbons (Fsp3) is 0.412. The van der Waals surface area contributed by atoms with Crippen LogP contribution in [0.3, 0.4) is 0 Å². The molecular formula is C17H22N2O3. The van der Waals surface area contributed by atoms with Crippen molar-refractivity contribution in [2.24, 2.45) is 0 Å². The molecule has 1 fully saturated rings. The molecule has 2 aromatic rings. The van der Waals surface area contributed by atoms with Gasteiger partial charge in [0.2, 0.25) is 0 Å². The second kappa shape index (κ2) is 7.33. The zero-order chi connectivity index (χ0) is 15.2. The van der Waals surface area contributed by atoms with Gasteiger partial charge in [-0.05, 0) is 29.8 Å². The molecule has 1 aromatic carbocycles. The van der Waals surface area contributed by atoms with Gasteiger partial charge in [-0.25, -0.2) is 0 Å². The van der Waals surface area contributed by atoms with Crippen molar-refractivity contribution in [3.63, 3.8) is 0 Å². The van der Waals surface area contributed by atoms with Crippen LogP contribution in [0.15, 0.2) is 41.0 Å². The van der Waals surface area contributed by atoms with E-state index in [0.29, 0.717) is 0 Å². The third-order valence-electron chi connectivity index (χ3n) is 3.80. The lowest BCUT2D eigenvalue weighted by Crippen LogP contribution is -2.36. The quantitative estimate of drug-likeness (QED) is 0.888. The van der Waals surface area contributed by atoms with Crippen molar-refractivity contribution >= 4 is 5.69 Å². The van der Waals surface area contributed by atoms with E-state index in [9.17, 15) is 0 Å². The van der Waals surface area contributed by atoms with E-state index in [1.807, 2.05) is 12.1 Å². The molecule has 1 saturated heterocycles. The molecule has 0 radical (unpaired) electrons. The zero-order valence-corrected chi connectivity index (χ0v) is 12.9. The minimum Gasteiger partial charge on any atom is -0.495 e. The summed E-state index contributed by atoms with van der Waals surface area (Å²) >= 11 is 0. The van der Waals surface area contributed by atoms with Gasteiger partial charge in [0, 0.05) is 19.6 Å². The Labute approximate surface area is 130 Å². The molecule has 118 valence electrons. The van der Waals surface area contributed by atoms with E-state index < -0.39 is 0 Å². The molecule has 1 aliphatic rings. The van der Waals surface area contributed by atoms with Crippen LogP contribution in [0.4, 0.5) is 5.69 Å². The zero-order valence-electron chi connectivity index (χ0n) is 12.9. The Bertz CT molecular complexity index is 578. The summed E-state index contributed by atoms with van der Waals surface area (Å²) in [7, 11) is 1.72. The summed E-state index contributed by atoms with van der Waals surface area (Å²) in [6, 6.07) is 10.2. The van der Waals surface area contributed by atoms with Crippen LogP contribution < -0.4 is 15.0 Å². The first-order valence-electron chi connectivity index (χ1n) is 7.59. The van der Waals surface area contributed by atoms with Crippen LogP contribution in [0, 0.1) is 0 Å². The van der Waals surface area contributed by atoms with Gasteiger partial charge >= 0.3 is 0 Å². The smallest absolute Gasteiger partial charge is 0.142 e. The molecule has 5 heteroatoms. The number of hydrogen-bond donors (Lipinski definition) is 1. The standard InChI is InChI=1S/C17H22N2O3/c1-20-17-11-14(12-18-13-15-3-2-8-22-15)4-5-16(17)19-6-9-21-10-7-19/h2-5,8,11,18H,6-7,9-10,12-13H2,1H3. The van der Waals surface area contributed by atoms with Gasteiger partial charge in [0.05, 0.1) is 38.8 Å². The Morgan fingerprint density at radius 1 is 1.18 bits per heavy atom. The van der Waals surface area contributed by atoms with Gasteiger partial charge in [-0.15, -0.1) is 0 Å². The summed E-state index contributed by atoms with van der Waals surface area (Å²) in [5, 5.41) is 3.37. The molecule has 0 aliphatic carbocycles. The van der Waals surface area contributed by atoms with E-state index in [-0.39, 0.29) is 0 Å². The Morgan fingerprint density at radius 2 is 2.05 bits per heavy atom. The summed E-state index contributed by atoms with van der Waals surface area (Å²) in [5.41, 5.74) is 2.33. The Morgan fingerprint density at radius 3 is 2.77 bits per heavy atom. The molecule has 2 heterocycles. The first-order chi connectivity index (χ1) is 10.9. The minimum absolute atomic E-state index is 0.723. The van der Waals surface area contributed by atoms with Gasteiger partial charge in [0.1, 0.15) is 11.5 Å². The second-order valence-electron chi connectivity index (χ2n) is 5.29. The molecule has 1 aliphatic heterocycles. The van der Waals surface area contributed by atoms with Crippen LogP contribution >= 0.6 is 0 Å². The number of anilines is 1. The number of ether oxygens (including phenoxy) is 2. The minimum atomic E-state index is 0.723. The van der Waals surface area contributed by atoms with E-state index in [2.05, 4.69) is 28.4 Å². The fourth-order valence-corrected chi connectivity index (χ4v) is 2.64. The van der Waals surface area contributed by atoms with Crippen LogP contribution in [0.5, 0.6) is 5.75 Å². The number of rotatable bonds is 6. The van der Waals surface area contributed by atoms with E-state index in [0.717, 1.165) is 56.6 Å². The number of nitrogens with one attached hydrogen (secondary N) is 1. The Balaban J connectivity index is 1.63. The first kappa shape index (κ1) is 14.9. The van der Waals surface area contributed by atoms with Gasteiger partial charge in [0.25, 0.3) is 0 Å². The highest BCUT2D eigenvalue weighted by molar-refractivity contribution is 5.60. The van der Waals surface area contributed by atoms with Gasteiger partial charge in [-0.2, -0.15) is 0 Å². The Hall–Kier alpha value is -1.98. The maximum Gasteiger partial charge on any atom is 0.142 e. The molecule has 22 heavy (non-hydrogen) atoms. The van der Waals surface area contributed by atoms with Gasteiger partial charge in [-0.3, -0.25) is 0 Å². The van der Waals surface area contributed by atoms with Gasteiger partial charge in [0.15, 0.2) is 0 Å². The summed E-state index contributed by atoms with van der Waals surface area (Å²) in [6.45, 7) is 4.87. The molecule has 0 atom stereocenters. The lowest BCUT2D eigenvalue weighted by Gasteiger charge is -2.30. The third kappa shape index (κ3) is 3.61. The lowest BCUT2D eigenvalue weighted by molar-refractivity contribution is 0.122. The van der Waals surface area contributed by atoms with E-state index in [1.165, 1.54) is 5.56 Å². The number of morpholine rings is 1. The average Bonchev–Trinajstić information content (AvgIpc) is 3.09. The van der Waals surface area contributed by atoms with E-state index in [1.54, 1.807) is 13.4 Å². The normalized spacial score (nSPS) is 15.0. The predicted molar refractivity (Wildman–Crippen MR) is 85.3 cm³/mol.